The molecule has 0 amide bonds. The lowest BCUT2D eigenvalue weighted by atomic mass is 10.0. The summed E-state index contributed by atoms with van der Waals surface area (Å²) in [6.07, 6.45) is 1.16. The molecule has 2 aromatic rings. The van der Waals surface area contributed by atoms with Gasteiger partial charge in [-0.1, -0.05) is 42.5 Å². The zero-order valence-electron chi connectivity index (χ0n) is 11.5. The summed E-state index contributed by atoms with van der Waals surface area (Å²) in [6, 6.07) is 15.4. The molecule has 1 heterocycles. The monoisotopic (exact) mass is 312 g/mol. The Bertz CT molecular complexity index is 525. The first-order chi connectivity index (χ1) is 8.92. The fourth-order valence-electron chi connectivity index (χ4n) is 2.62. The summed E-state index contributed by atoms with van der Waals surface area (Å²) in [7, 11) is 0. The van der Waals surface area contributed by atoms with Crippen molar-refractivity contribution in [3.63, 3.8) is 0 Å². The largest absolute Gasteiger partial charge is 0.314 e. The molecule has 0 bridgehead atoms. The van der Waals surface area contributed by atoms with Crippen LogP contribution in [0.1, 0.15) is 5.56 Å². The van der Waals surface area contributed by atoms with E-state index in [4.69, 9.17) is 0 Å². The van der Waals surface area contributed by atoms with E-state index in [-0.39, 0.29) is 24.8 Å². The second-order valence-corrected chi connectivity index (χ2v) is 5.02. The van der Waals surface area contributed by atoms with Gasteiger partial charge in [0, 0.05) is 32.7 Å². The van der Waals surface area contributed by atoms with E-state index in [9.17, 15) is 0 Å². The van der Waals surface area contributed by atoms with Gasteiger partial charge in [-0.15, -0.1) is 24.8 Å². The van der Waals surface area contributed by atoms with Crippen LogP contribution in [0.3, 0.4) is 0 Å². The predicted octanol–water partition coefficient (Wildman–Crippen LogP) is 3.13. The summed E-state index contributed by atoms with van der Waals surface area (Å²) < 4.78 is 0. The number of piperazine rings is 1. The number of hydrogen-bond donors (Lipinski definition) is 1. The topological polar surface area (TPSA) is 15.3 Å². The molecule has 1 N–H and O–H groups in total. The lowest BCUT2D eigenvalue weighted by Crippen LogP contribution is -2.44. The van der Waals surface area contributed by atoms with E-state index in [2.05, 4.69) is 52.7 Å². The van der Waals surface area contributed by atoms with Gasteiger partial charge in [0.2, 0.25) is 0 Å². The zero-order chi connectivity index (χ0) is 12.2. The summed E-state index contributed by atoms with van der Waals surface area (Å²) in [5.41, 5.74) is 1.45. The molecule has 0 aromatic heterocycles. The predicted molar refractivity (Wildman–Crippen MR) is 91.5 cm³/mol. The van der Waals surface area contributed by atoms with Gasteiger partial charge < -0.3 is 10.2 Å². The number of halogens is 2. The molecule has 20 heavy (non-hydrogen) atoms. The van der Waals surface area contributed by atoms with Gasteiger partial charge in [0.05, 0.1) is 0 Å². The van der Waals surface area contributed by atoms with Crippen molar-refractivity contribution in [1.29, 1.82) is 0 Å². The van der Waals surface area contributed by atoms with Crippen molar-refractivity contribution < 1.29 is 0 Å². The van der Waals surface area contributed by atoms with Crippen molar-refractivity contribution in [2.45, 2.75) is 6.42 Å². The number of nitrogens with zero attached hydrogens (tertiary/aromatic N) is 1. The Morgan fingerprint density at radius 1 is 0.900 bits per heavy atom. The second kappa shape index (κ2) is 8.48. The van der Waals surface area contributed by atoms with Crippen molar-refractivity contribution in [3.05, 3.63) is 48.0 Å². The maximum absolute atomic E-state index is 3.40. The Hall–Kier alpha value is -0.800. The minimum atomic E-state index is 0. The van der Waals surface area contributed by atoms with Crippen molar-refractivity contribution in [2.24, 2.45) is 0 Å². The van der Waals surface area contributed by atoms with Crippen molar-refractivity contribution >= 4 is 35.6 Å². The molecule has 2 aromatic carbocycles. The van der Waals surface area contributed by atoms with Crippen LogP contribution in [0, 0.1) is 0 Å². The van der Waals surface area contributed by atoms with Crippen LogP contribution in [0.25, 0.3) is 10.8 Å². The molecule has 1 fully saturated rings. The van der Waals surface area contributed by atoms with E-state index in [1.165, 1.54) is 36.0 Å². The lowest BCUT2D eigenvalue weighted by Gasteiger charge is -2.27. The summed E-state index contributed by atoms with van der Waals surface area (Å²) in [5, 5.41) is 6.09. The van der Waals surface area contributed by atoms with Crippen LogP contribution in [0.2, 0.25) is 0 Å². The minimum Gasteiger partial charge on any atom is -0.314 e. The molecule has 1 aliphatic heterocycles. The number of fused-ring (bicyclic) bond motifs is 1. The Balaban J connectivity index is 0.000001000. The van der Waals surface area contributed by atoms with E-state index < -0.39 is 0 Å². The van der Waals surface area contributed by atoms with Crippen LogP contribution in [-0.4, -0.2) is 37.6 Å². The number of nitrogens with one attached hydrogen (secondary N) is 1. The molecule has 2 nitrogen and oxygen atoms in total. The second-order valence-electron chi connectivity index (χ2n) is 5.02. The van der Waals surface area contributed by atoms with Crippen LogP contribution in [0.5, 0.6) is 0 Å². The Morgan fingerprint density at radius 3 is 2.35 bits per heavy atom. The Labute approximate surface area is 133 Å². The van der Waals surface area contributed by atoms with E-state index in [0.29, 0.717) is 0 Å². The highest BCUT2D eigenvalue weighted by Gasteiger charge is 2.08. The highest BCUT2D eigenvalue weighted by molar-refractivity contribution is 5.85. The van der Waals surface area contributed by atoms with Gasteiger partial charge in [-0.3, -0.25) is 0 Å². The molecular weight excluding hydrogens is 291 g/mol. The summed E-state index contributed by atoms with van der Waals surface area (Å²) in [6.45, 7) is 5.83. The molecule has 0 atom stereocenters. The third kappa shape index (κ3) is 4.35. The van der Waals surface area contributed by atoms with E-state index in [1.807, 2.05) is 0 Å². The molecule has 4 heteroatoms. The molecule has 1 aliphatic rings. The van der Waals surface area contributed by atoms with Gasteiger partial charge in [0.15, 0.2) is 0 Å². The van der Waals surface area contributed by atoms with Crippen molar-refractivity contribution in [2.75, 3.05) is 32.7 Å². The van der Waals surface area contributed by atoms with Crippen LogP contribution < -0.4 is 5.32 Å². The van der Waals surface area contributed by atoms with Crippen LogP contribution in [0.4, 0.5) is 0 Å². The van der Waals surface area contributed by atoms with Gasteiger partial charge in [0.25, 0.3) is 0 Å². The first-order valence-corrected chi connectivity index (χ1v) is 6.82. The van der Waals surface area contributed by atoms with E-state index in [0.717, 1.165) is 19.5 Å². The van der Waals surface area contributed by atoms with E-state index >= 15 is 0 Å². The molecule has 0 spiro atoms. The van der Waals surface area contributed by atoms with Crippen LogP contribution in [-0.2, 0) is 6.42 Å². The highest BCUT2D eigenvalue weighted by atomic mass is 35.5. The number of hydrogen-bond acceptors (Lipinski definition) is 2. The van der Waals surface area contributed by atoms with Gasteiger partial charge >= 0.3 is 0 Å². The SMILES string of the molecule is Cl.Cl.c1ccc2cc(CCN3CCNCC3)ccc2c1. The Kier molecular flexibility index (Phi) is 7.31. The summed E-state index contributed by atoms with van der Waals surface area (Å²) >= 11 is 0. The molecule has 0 saturated carbocycles. The van der Waals surface area contributed by atoms with E-state index in [1.54, 1.807) is 0 Å². The zero-order valence-corrected chi connectivity index (χ0v) is 13.2. The quantitative estimate of drug-likeness (QED) is 0.936. The molecule has 0 radical (unpaired) electrons. The fourth-order valence-corrected chi connectivity index (χ4v) is 2.62. The summed E-state index contributed by atoms with van der Waals surface area (Å²) in [4.78, 5) is 2.55. The van der Waals surface area contributed by atoms with Gasteiger partial charge in [0.1, 0.15) is 0 Å². The normalized spacial score (nSPS) is 15.4. The first-order valence-electron chi connectivity index (χ1n) is 6.82. The highest BCUT2D eigenvalue weighted by Crippen LogP contribution is 2.16. The first kappa shape index (κ1) is 17.3. The van der Waals surface area contributed by atoms with Gasteiger partial charge in [-0.2, -0.15) is 0 Å². The fraction of sp³-hybridized carbons (Fsp3) is 0.375. The third-order valence-corrected chi connectivity index (χ3v) is 3.74. The maximum Gasteiger partial charge on any atom is 0.0108 e. The van der Waals surface area contributed by atoms with Crippen LogP contribution >= 0.6 is 24.8 Å². The molecule has 3 rings (SSSR count). The maximum atomic E-state index is 3.40. The molecule has 0 unspecified atom stereocenters. The number of benzene rings is 2. The molecule has 110 valence electrons. The molecule has 0 aliphatic carbocycles. The third-order valence-electron chi connectivity index (χ3n) is 3.74. The van der Waals surface area contributed by atoms with Gasteiger partial charge in [-0.25, -0.2) is 0 Å². The van der Waals surface area contributed by atoms with Crippen LogP contribution in [0.15, 0.2) is 42.5 Å². The smallest absolute Gasteiger partial charge is 0.0108 e. The minimum absolute atomic E-state index is 0. The molecular formula is C16H22Cl2N2. The molecule has 1 saturated heterocycles. The van der Waals surface area contributed by atoms with Crippen molar-refractivity contribution in [1.82, 2.24) is 10.2 Å². The summed E-state index contributed by atoms with van der Waals surface area (Å²) in [5.74, 6) is 0. The van der Waals surface area contributed by atoms with Gasteiger partial charge in [-0.05, 0) is 22.8 Å². The average molecular weight is 313 g/mol. The Morgan fingerprint density at radius 2 is 1.60 bits per heavy atom. The lowest BCUT2D eigenvalue weighted by molar-refractivity contribution is 0.244. The number of rotatable bonds is 3. The van der Waals surface area contributed by atoms with Crippen molar-refractivity contribution in [3.8, 4) is 0 Å². The average Bonchev–Trinajstić information content (AvgIpc) is 2.46. The standard InChI is InChI=1S/C16H20N2.2ClH/c1-2-4-16-13-14(5-6-15(16)3-1)7-10-18-11-8-17-9-12-18;;/h1-6,13,17H,7-12H2;2*1H.